The van der Waals surface area contributed by atoms with Crippen molar-refractivity contribution < 1.29 is 5.11 Å². The van der Waals surface area contributed by atoms with Gasteiger partial charge < -0.3 is 5.11 Å². The van der Waals surface area contributed by atoms with Gasteiger partial charge in [-0.15, -0.1) is 0 Å². The summed E-state index contributed by atoms with van der Waals surface area (Å²) in [6, 6.07) is 0.639. The smallest absolute Gasteiger partial charge is 0.0682 e. The molecule has 0 bridgehead atoms. The predicted molar refractivity (Wildman–Crippen MR) is 41.9 cm³/mol. The third-order valence-corrected chi connectivity index (χ3v) is 2.38. The van der Waals surface area contributed by atoms with Gasteiger partial charge in [0, 0.05) is 12.6 Å². The van der Waals surface area contributed by atoms with Crippen LogP contribution >= 0.6 is 0 Å². The van der Waals surface area contributed by atoms with E-state index in [1.807, 2.05) is 0 Å². The number of aliphatic hydroxyl groups excluding tert-OH is 1. The lowest BCUT2D eigenvalue weighted by Crippen LogP contribution is -2.28. The van der Waals surface area contributed by atoms with Gasteiger partial charge in [-0.2, -0.15) is 0 Å². The quantitative estimate of drug-likeness (QED) is 0.619. The number of aliphatic hydroxyl groups is 1. The minimum atomic E-state index is -0.0649. The lowest BCUT2D eigenvalue weighted by atomic mass is 10.1. The number of likely N-dealkylation sites (tertiary alicyclic amines) is 1. The molecule has 0 aromatic rings. The molecule has 0 aromatic heterocycles. The van der Waals surface area contributed by atoms with Crippen molar-refractivity contribution in [3.63, 3.8) is 0 Å². The summed E-state index contributed by atoms with van der Waals surface area (Å²) in [5.41, 5.74) is 0. The highest BCUT2D eigenvalue weighted by Gasteiger charge is 2.27. The number of likely N-dealkylation sites (N-methyl/N-ethyl adjacent to an activating group) is 1. The van der Waals surface area contributed by atoms with E-state index in [0.717, 1.165) is 19.5 Å². The molecule has 1 N–H and O–H groups in total. The lowest BCUT2D eigenvalue weighted by Gasteiger charge is -2.20. The molecular weight excluding hydrogens is 126 g/mol. The number of hydrogen-bond donors (Lipinski definition) is 1. The first-order valence-electron chi connectivity index (χ1n) is 4.20. The number of nitrogens with zero attached hydrogens (tertiary/aromatic N) is 1. The first-order chi connectivity index (χ1) is 4.77. The van der Waals surface area contributed by atoms with E-state index in [1.165, 1.54) is 6.42 Å². The molecule has 1 heterocycles. The zero-order chi connectivity index (χ0) is 7.56. The maximum Gasteiger partial charge on any atom is 0.0682 e. The van der Waals surface area contributed by atoms with Crippen LogP contribution in [0.3, 0.4) is 0 Å². The van der Waals surface area contributed by atoms with Crippen molar-refractivity contribution in [3.8, 4) is 0 Å². The molecule has 1 aliphatic heterocycles. The predicted octanol–water partition coefficient (Wildman–Crippen LogP) is 0.851. The highest BCUT2D eigenvalue weighted by molar-refractivity contribution is 4.82. The van der Waals surface area contributed by atoms with Crippen molar-refractivity contribution in [1.29, 1.82) is 0 Å². The van der Waals surface area contributed by atoms with Crippen molar-refractivity contribution in [2.75, 3.05) is 13.1 Å². The van der Waals surface area contributed by atoms with Crippen LogP contribution in [0.25, 0.3) is 0 Å². The Kier molecular flexibility index (Phi) is 2.69. The summed E-state index contributed by atoms with van der Waals surface area (Å²) in [5, 5.41) is 9.29. The van der Waals surface area contributed by atoms with Gasteiger partial charge in [0.05, 0.1) is 6.10 Å². The molecule has 1 fully saturated rings. The summed E-state index contributed by atoms with van der Waals surface area (Å²) >= 11 is 0. The summed E-state index contributed by atoms with van der Waals surface area (Å²) in [6.07, 6.45) is 2.08. The van der Waals surface area contributed by atoms with Gasteiger partial charge in [-0.25, -0.2) is 0 Å². The van der Waals surface area contributed by atoms with E-state index in [9.17, 15) is 5.11 Å². The molecular formula is C8H17NO. The highest BCUT2D eigenvalue weighted by Crippen LogP contribution is 2.19. The molecule has 0 aromatic carbocycles. The van der Waals surface area contributed by atoms with Crippen LogP contribution in [-0.4, -0.2) is 35.2 Å². The van der Waals surface area contributed by atoms with Gasteiger partial charge in [0.1, 0.15) is 0 Å². The molecule has 1 rings (SSSR count). The number of rotatable bonds is 2. The average Bonchev–Trinajstić information content (AvgIpc) is 2.30. The van der Waals surface area contributed by atoms with Crippen molar-refractivity contribution in [1.82, 2.24) is 4.90 Å². The van der Waals surface area contributed by atoms with Crippen LogP contribution < -0.4 is 0 Å². The number of hydrogen-bond acceptors (Lipinski definition) is 2. The second-order valence-electron chi connectivity index (χ2n) is 3.04. The second kappa shape index (κ2) is 3.35. The van der Waals surface area contributed by atoms with Gasteiger partial charge >= 0.3 is 0 Å². The molecule has 10 heavy (non-hydrogen) atoms. The molecule has 1 aliphatic rings. The van der Waals surface area contributed by atoms with Gasteiger partial charge in [-0.05, 0) is 19.4 Å². The number of β-amino-alcohol motifs (C(OH)–C–C–N with tert-alkyl or cyclic N) is 1. The van der Waals surface area contributed by atoms with Gasteiger partial charge in [0.25, 0.3) is 0 Å². The van der Waals surface area contributed by atoms with Gasteiger partial charge in [0.15, 0.2) is 0 Å². The Morgan fingerprint density at radius 1 is 1.50 bits per heavy atom. The zero-order valence-electron chi connectivity index (χ0n) is 6.88. The molecule has 0 aliphatic carbocycles. The monoisotopic (exact) mass is 143 g/mol. The molecule has 2 nitrogen and oxygen atoms in total. The molecule has 2 atom stereocenters. The molecule has 0 saturated carbocycles. The van der Waals surface area contributed by atoms with E-state index in [4.69, 9.17) is 0 Å². The van der Waals surface area contributed by atoms with Crippen LogP contribution in [-0.2, 0) is 0 Å². The SMILES string of the molecule is CC[C@@H]1C[C@@H](O)CN1CC. The summed E-state index contributed by atoms with van der Waals surface area (Å²) in [4.78, 5) is 2.35. The maximum atomic E-state index is 9.29. The van der Waals surface area contributed by atoms with Crippen LogP contribution in [0.15, 0.2) is 0 Å². The first kappa shape index (κ1) is 8.02. The average molecular weight is 143 g/mol. The Hall–Kier alpha value is -0.0800. The van der Waals surface area contributed by atoms with Crippen LogP contribution in [0.1, 0.15) is 26.7 Å². The molecule has 0 unspecified atom stereocenters. The highest BCUT2D eigenvalue weighted by atomic mass is 16.3. The van der Waals surface area contributed by atoms with Crippen LogP contribution in [0, 0.1) is 0 Å². The summed E-state index contributed by atoms with van der Waals surface area (Å²) in [6.45, 7) is 6.30. The Morgan fingerprint density at radius 2 is 2.20 bits per heavy atom. The summed E-state index contributed by atoms with van der Waals surface area (Å²) < 4.78 is 0. The molecule has 0 radical (unpaired) electrons. The lowest BCUT2D eigenvalue weighted by molar-refractivity contribution is 0.177. The fourth-order valence-electron chi connectivity index (χ4n) is 1.77. The fourth-order valence-corrected chi connectivity index (χ4v) is 1.77. The van der Waals surface area contributed by atoms with Crippen molar-refractivity contribution >= 4 is 0 Å². The molecule has 0 amide bonds. The first-order valence-corrected chi connectivity index (χ1v) is 4.20. The summed E-state index contributed by atoms with van der Waals surface area (Å²) in [7, 11) is 0. The van der Waals surface area contributed by atoms with E-state index in [0.29, 0.717) is 6.04 Å². The van der Waals surface area contributed by atoms with Crippen molar-refractivity contribution in [3.05, 3.63) is 0 Å². The Morgan fingerprint density at radius 3 is 2.60 bits per heavy atom. The van der Waals surface area contributed by atoms with E-state index < -0.39 is 0 Å². The molecule has 1 saturated heterocycles. The Balaban J connectivity index is 2.41. The van der Waals surface area contributed by atoms with E-state index in [1.54, 1.807) is 0 Å². The van der Waals surface area contributed by atoms with Crippen molar-refractivity contribution in [2.45, 2.75) is 38.8 Å². The van der Waals surface area contributed by atoms with E-state index >= 15 is 0 Å². The topological polar surface area (TPSA) is 23.5 Å². The van der Waals surface area contributed by atoms with E-state index in [2.05, 4.69) is 18.7 Å². The minimum absolute atomic E-state index is 0.0649. The van der Waals surface area contributed by atoms with Crippen molar-refractivity contribution in [2.24, 2.45) is 0 Å². The largest absolute Gasteiger partial charge is 0.392 e. The summed E-state index contributed by atoms with van der Waals surface area (Å²) in [5.74, 6) is 0. The minimum Gasteiger partial charge on any atom is -0.392 e. The van der Waals surface area contributed by atoms with Gasteiger partial charge in [-0.1, -0.05) is 13.8 Å². The van der Waals surface area contributed by atoms with Gasteiger partial charge in [0.2, 0.25) is 0 Å². The van der Waals surface area contributed by atoms with Crippen LogP contribution in [0.4, 0.5) is 0 Å². The Labute approximate surface area is 62.8 Å². The molecule has 2 heteroatoms. The molecule has 60 valence electrons. The molecule has 0 spiro atoms. The van der Waals surface area contributed by atoms with E-state index in [-0.39, 0.29) is 6.10 Å². The van der Waals surface area contributed by atoms with Gasteiger partial charge in [-0.3, -0.25) is 4.90 Å². The third-order valence-electron chi connectivity index (χ3n) is 2.38. The Bertz CT molecular complexity index is 93.4. The van der Waals surface area contributed by atoms with Crippen LogP contribution in [0.2, 0.25) is 0 Å². The maximum absolute atomic E-state index is 9.29. The van der Waals surface area contributed by atoms with Crippen LogP contribution in [0.5, 0.6) is 0 Å². The second-order valence-corrected chi connectivity index (χ2v) is 3.04. The standard InChI is InChI=1S/C8H17NO/c1-3-7-5-8(10)6-9(7)4-2/h7-8,10H,3-6H2,1-2H3/t7-,8-/m1/s1. The third kappa shape index (κ3) is 1.50. The fraction of sp³-hybridized carbons (Fsp3) is 1.00. The zero-order valence-corrected chi connectivity index (χ0v) is 6.88. The normalized spacial score (nSPS) is 35.1.